The van der Waals surface area contributed by atoms with Gasteiger partial charge >= 0.3 is 0 Å². The zero-order valence-electron chi connectivity index (χ0n) is 22.3. The third kappa shape index (κ3) is 6.51. The van der Waals surface area contributed by atoms with E-state index in [1.165, 1.54) is 17.0 Å². The molecule has 1 N–H and O–H groups in total. The molecule has 2 aliphatic rings. The maximum atomic E-state index is 14.9. The summed E-state index contributed by atoms with van der Waals surface area (Å²) in [6.45, 7) is 7.06. The zero-order chi connectivity index (χ0) is 27.3. The number of rotatable bonds is 9. The summed E-state index contributed by atoms with van der Waals surface area (Å²) < 4.78 is 35.6. The van der Waals surface area contributed by atoms with E-state index in [1.807, 2.05) is 13.8 Å². The van der Waals surface area contributed by atoms with Crippen LogP contribution in [0.1, 0.15) is 61.9 Å². The van der Waals surface area contributed by atoms with Crippen molar-refractivity contribution in [3.8, 4) is 22.9 Å². The van der Waals surface area contributed by atoms with Gasteiger partial charge in [0.2, 0.25) is 0 Å². The maximum Gasteiger partial charge on any atom is 0.256 e. The molecule has 0 spiro atoms. The Kier molecular flexibility index (Phi) is 9.01. The van der Waals surface area contributed by atoms with Gasteiger partial charge in [-0.1, -0.05) is 26.0 Å². The Morgan fingerprint density at radius 1 is 1.11 bits per heavy atom. The number of carbonyl (C=O) groups is 1. The molecule has 38 heavy (non-hydrogen) atoms. The third-order valence-corrected chi connectivity index (χ3v) is 8.04. The number of aliphatic hydroxyl groups is 1. The van der Waals surface area contributed by atoms with E-state index < -0.39 is 23.5 Å². The third-order valence-electron chi connectivity index (χ3n) is 8.04. The van der Waals surface area contributed by atoms with Crippen molar-refractivity contribution >= 4 is 5.91 Å². The van der Waals surface area contributed by atoms with Gasteiger partial charge in [-0.3, -0.25) is 4.79 Å². The lowest BCUT2D eigenvalue weighted by atomic mass is 9.94. The van der Waals surface area contributed by atoms with Crippen LogP contribution in [0.5, 0.6) is 5.75 Å². The molecule has 8 heteroatoms. The number of halogens is 2. The second kappa shape index (κ2) is 12.2. The average Bonchev–Trinajstić information content (AvgIpc) is 3.38. The number of benzene rings is 2. The van der Waals surface area contributed by atoms with Crippen molar-refractivity contribution in [2.45, 2.75) is 57.7 Å². The van der Waals surface area contributed by atoms with E-state index in [4.69, 9.17) is 4.74 Å². The lowest BCUT2D eigenvalue weighted by Crippen LogP contribution is -2.44. The molecule has 2 fully saturated rings. The number of amides is 1. The summed E-state index contributed by atoms with van der Waals surface area (Å²) in [4.78, 5) is 16.3. The fourth-order valence-corrected chi connectivity index (χ4v) is 5.28. The van der Waals surface area contributed by atoms with Gasteiger partial charge in [0.25, 0.3) is 5.91 Å². The molecule has 6 nitrogen and oxygen atoms in total. The van der Waals surface area contributed by atoms with E-state index in [-0.39, 0.29) is 12.1 Å². The standard InChI is InChI=1S/C30H37F2N3O3/c1-3-30(32,4-2)20-34-12-9-21(10-13-34)19-38-28-8-6-22(15-24(28)17-33)23-5-7-26(27(31)16-23)29(37)35-14-11-25(36)18-35/h5-8,15-16,21,25,36H,3-4,9-14,18-20H2,1-2H3/t25-/m0/s1. The predicted molar refractivity (Wildman–Crippen MR) is 142 cm³/mol. The van der Waals surface area contributed by atoms with Crippen LogP contribution in [0.25, 0.3) is 11.1 Å². The molecule has 0 saturated carbocycles. The van der Waals surface area contributed by atoms with Gasteiger partial charge < -0.3 is 19.6 Å². The minimum absolute atomic E-state index is 0.0315. The van der Waals surface area contributed by atoms with Crippen molar-refractivity contribution < 1.29 is 23.4 Å². The molecule has 0 radical (unpaired) electrons. The SMILES string of the molecule is CCC(F)(CC)CN1CCC(COc2ccc(-c3ccc(C(=O)N4CC[C@H](O)C4)c(F)c3)cc2C#N)CC1. The summed E-state index contributed by atoms with van der Waals surface area (Å²) in [5, 5.41) is 19.4. The summed E-state index contributed by atoms with van der Waals surface area (Å²) in [5.41, 5.74) is 0.413. The van der Waals surface area contributed by atoms with Crippen molar-refractivity contribution in [3.05, 3.63) is 53.3 Å². The minimum atomic E-state index is -1.12. The van der Waals surface area contributed by atoms with Gasteiger partial charge in [-0.25, -0.2) is 8.78 Å². The van der Waals surface area contributed by atoms with E-state index in [2.05, 4.69) is 11.0 Å². The molecule has 0 aromatic heterocycles. The highest BCUT2D eigenvalue weighted by molar-refractivity contribution is 5.95. The fraction of sp³-hybridized carbons (Fsp3) is 0.533. The number of nitriles is 1. The quantitative estimate of drug-likeness (QED) is 0.488. The molecule has 1 atom stereocenters. The molecule has 2 saturated heterocycles. The number of carbonyl (C=O) groups excluding carboxylic acids is 1. The second-order valence-corrected chi connectivity index (χ2v) is 10.6. The monoisotopic (exact) mass is 525 g/mol. The number of likely N-dealkylation sites (tertiary alicyclic amines) is 2. The molecule has 2 heterocycles. The molecule has 1 amide bonds. The lowest BCUT2D eigenvalue weighted by molar-refractivity contribution is 0.0568. The predicted octanol–water partition coefficient (Wildman–Crippen LogP) is 5.19. The summed E-state index contributed by atoms with van der Waals surface area (Å²) in [7, 11) is 0. The maximum absolute atomic E-state index is 14.9. The van der Waals surface area contributed by atoms with E-state index in [0.29, 0.717) is 67.3 Å². The highest BCUT2D eigenvalue weighted by Gasteiger charge is 2.31. The van der Waals surface area contributed by atoms with E-state index >= 15 is 0 Å². The Morgan fingerprint density at radius 2 is 1.79 bits per heavy atom. The van der Waals surface area contributed by atoms with Crippen molar-refractivity contribution in [1.29, 1.82) is 5.26 Å². The van der Waals surface area contributed by atoms with Gasteiger partial charge in [0.05, 0.1) is 23.8 Å². The number of β-amino-alcohol motifs (C(OH)–C–C–N with tert-alkyl or cyclic N) is 1. The summed E-state index contributed by atoms with van der Waals surface area (Å²) >= 11 is 0. The first kappa shape index (κ1) is 28.0. The molecular formula is C30H37F2N3O3. The van der Waals surface area contributed by atoms with Crippen LogP contribution in [0.4, 0.5) is 8.78 Å². The van der Waals surface area contributed by atoms with Crippen LogP contribution < -0.4 is 4.74 Å². The van der Waals surface area contributed by atoms with Crippen molar-refractivity contribution in [3.63, 3.8) is 0 Å². The number of piperidine rings is 1. The topological polar surface area (TPSA) is 76.8 Å². The molecule has 0 aliphatic carbocycles. The highest BCUT2D eigenvalue weighted by atomic mass is 19.1. The van der Waals surface area contributed by atoms with Crippen LogP contribution in [-0.2, 0) is 0 Å². The smallest absolute Gasteiger partial charge is 0.256 e. The van der Waals surface area contributed by atoms with Gasteiger partial charge in [0.15, 0.2) is 0 Å². The van der Waals surface area contributed by atoms with Gasteiger partial charge in [0.1, 0.15) is 23.3 Å². The molecule has 0 bridgehead atoms. The van der Waals surface area contributed by atoms with Crippen LogP contribution in [0.2, 0.25) is 0 Å². The normalized spacial score (nSPS) is 18.9. The van der Waals surface area contributed by atoms with Crippen LogP contribution >= 0.6 is 0 Å². The average molecular weight is 526 g/mol. The number of nitrogens with zero attached hydrogens (tertiary/aromatic N) is 3. The van der Waals surface area contributed by atoms with Gasteiger partial charge in [0, 0.05) is 19.6 Å². The Balaban J connectivity index is 1.36. The minimum Gasteiger partial charge on any atom is -0.492 e. The Bertz CT molecular complexity index is 1170. The van der Waals surface area contributed by atoms with Crippen LogP contribution in [0, 0.1) is 23.1 Å². The van der Waals surface area contributed by atoms with Crippen molar-refractivity contribution in [1.82, 2.24) is 9.80 Å². The first-order valence-electron chi connectivity index (χ1n) is 13.6. The van der Waals surface area contributed by atoms with Gasteiger partial charge in [-0.05, 0) is 86.5 Å². The fourth-order valence-electron chi connectivity index (χ4n) is 5.28. The zero-order valence-corrected chi connectivity index (χ0v) is 22.3. The highest BCUT2D eigenvalue weighted by Crippen LogP contribution is 2.30. The molecule has 4 rings (SSSR count). The van der Waals surface area contributed by atoms with Crippen LogP contribution in [-0.4, -0.2) is 71.9 Å². The van der Waals surface area contributed by atoms with E-state index in [1.54, 1.807) is 24.3 Å². The Labute approximate surface area is 223 Å². The van der Waals surface area contributed by atoms with Gasteiger partial charge in [-0.15, -0.1) is 0 Å². The first-order chi connectivity index (χ1) is 18.2. The van der Waals surface area contributed by atoms with Gasteiger partial charge in [-0.2, -0.15) is 5.26 Å². The molecular weight excluding hydrogens is 488 g/mol. The van der Waals surface area contributed by atoms with Crippen molar-refractivity contribution in [2.24, 2.45) is 5.92 Å². The number of aliphatic hydroxyl groups excluding tert-OH is 1. The number of alkyl halides is 1. The lowest BCUT2D eigenvalue weighted by Gasteiger charge is -2.36. The molecule has 2 aliphatic heterocycles. The number of ether oxygens (including phenoxy) is 1. The molecule has 0 unspecified atom stereocenters. The molecule has 204 valence electrons. The summed E-state index contributed by atoms with van der Waals surface area (Å²) in [5.74, 6) is -0.247. The second-order valence-electron chi connectivity index (χ2n) is 10.6. The first-order valence-corrected chi connectivity index (χ1v) is 13.6. The summed E-state index contributed by atoms with van der Waals surface area (Å²) in [6.07, 6.45) is 2.82. The molecule has 2 aromatic rings. The van der Waals surface area contributed by atoms with E-state index in [9.17, 15) is 23.9 Å². The summed E-state index contributed by atoms with van der Waals surface area (Å²) in [6, 6.07) is 11.8. The number of hydrogen-bond donors (Lipinski definition) is 1. The number of hydrogen-bond acceptors (Lipinski definition) is 5. The van der Waals surface area contributed by atoms with Crippen molar-refractivity contribution in [2.75, 3.05) is 39.3 Å². The van der Waals surface area contributed by atoms with E-state index in [0.717, 1.165) is 25.9 Å². The Morgan fingerprint density at radius 3 is 2.39 bits per heavy atom. The largest absolute Gasteiger partial charge is 0.492 e. The Hall–Kier alpha value is -3.02. The van der Waals surface area contributed by atoms with Crippen LogP contribution in [0.15, 0.2) is 36.4 Å². The van der Waals surface area contributed by atoms with Crippen LogP contribution in [0.3, 0.4) is 0 Å². The molecule has 2 aromatic carbocycles.